The summed E-state index contributed by atoms with van der Waals surface area (Å²) < 4.78 is 5.59. The first kappa shape index (κ1) is 11.4. The number of nitrogens with two attached hydrogens (primary N) is 1. The van der Waals surface area contributed by atoms with E-state index in [0.717, 1.165) is 19.5 Å². The topological polar surface area (TPSA) is 64.3 Å². The smallest absolute Gasteiger partial charge is 0.157 e. The largest absolute Gasteiger partial charge is 0.393 e. The Kier molecular flexibility index (Phi) is 3.46. The first-order chi connectivity index (χ1) is 7.72. The molecular weight excluding hydrogens is 228 g/mol. The molecular formula is C10H15ClN4O. The average molecular weight is 243 g/mol. The van der Waals surface area contributed by atoms with Gasteiger partial charge in [0.25, 0.3) is 0 Å². The summed E-state index contributed by atoms with van der Waals surface area (Å²) in [6.45, 7) is 4.38. The zero-order valence-corrected chi connectivity index (χ0v) is 9.94. The molecule has 0 bridgehead atoms. The molecule has 1 saturated heterocycles. The fourth-order valence-electron chi connectivity index (χ4n) is 1.78. The van der Waals surface area contributed by atoms with Gasteiger partial charge in [0.1, 0.15) is 12.0 Å². The van der Waals surface area contributed by atoms with Crippen LogP contribution in [0.1, 0.15) is 13.3 Å². The number of rotatable bonds is 2. The summed E-state index contributed by atoms with van der Waals surface area (Å²) in [5, 5.41) is 0.310. The van der Waals surface area contributed by atoms with Crippen LogP contribution in [0.5, 0.6) is 0 Å². The van der Waals surface area contributed by atoms with E-state index in [1.165, 1.54) is 6.33 Å². The summed E-state index contributed by atoms with van der Waals surface area (Å²) >= 11 is 5.87. The third kappa shape index (κ3) is 2.20. The van der Waals surface area contributed by atoms with Gasteiger partial charge in [0.15, 0.2) is 11.0 Å². The van der Waals surface area contributed by atoms with Crippen LogP contribution < -0.4 is 10.6 Å². The van der Waals surface area contributed by atoms with Gasteiger partial charge < -0.3 is 15.4 Å². The van der Waals surface area contributed by atoms with E-state index in [0.29, 0.717) is 23.3 Å². The first-order valence-corrected chi connectivity index (χ1v) is 5.72. The van der Waals surface area contributed by atoms with E-state index in [1.807, 2.05) is 0 Å². The van der Waals surface area contributed by atoms with Crippen LogP contribution in [0, 0.1) is 0 Å². The number of halogens is 1. The number of hydrogen-bond donors (Lipinski definition) is 1. The van der Waals surface area contributed by atoms with Crippen molar-refractivity contribution < 1.29 is 4.74 Å². The monoisotopic (exact) mass is 242 g/mol. The molecule has 2 N–H and O–H groups in total. The Bertz CT molecular complexity index is 374. The van der Waals surface area contributed by atoms with Gasteiger partial charge in [-0.1, -0.05) is 18.5 Å². The highest BCUT2D eigenvalue weighted by Gasteiger charge is 2.22. The quantitative estimate of drug-likeness (QED) is 0.793. The molecule has 88 valence electrons. The SMILES string of the molecule is CCC1CN(c2ncnc(Cl)c2N)CCO1. The van der Waals surface area contributed by atoms with Crippen LogP contribution in [0.3, 0.4) is 0 Å². The minimum absolute atomic E-state index is 0.238. The second kappa shape index (κ2) is 4.84. The van der Waals surface area contributed by atoms with Crippen molar-refractivity contribution in [3.05, 3.63) is 11.5 Å². The Hall–Kier alpha value is -1.07. The van der Waals surface area contributed by atoms with Crippen molar-refractivity contribution in [1.82, 2.24) is 9.97 Å². The fraction of sp³-hybridized carbons (Fsp3) is 0.600. The van der Waals surface area contributed by atoms with Crippen molar-refractivity contribution in [2.45, 2.75) is 19.4 Å². The van der Waals surface area contributed by atoms with Gasteiger partial charge in [0, 0.05) is 13.1 Å². The Morgan fingerprint density at radius 1 is 1.62 bits per heavy atom. The second-order valence-electron chi connectivity index (χ2n) is 3.75. The number of nitrogen functional groups attached to an aromatic ring is 1. The highest BCUT2D eigenvalue weighted by Crippen LogP contribution is 2.27. The lowest BCUT2D eigenvalue weighted by Crippen LogP contribution is -2.43. The van der Waals surface area contributed by atoms with Crippen molar-refractivity contribution in [2.75, 3.05) is 30.3 Å². The molecule has 16 heavy (non-hydrogen) atoms. The normalized spacial score (nSPS) is 21.1. The van der Waals surface area contributed by atoms with E-state index in [9.17, 15) is 0 Å². The molecule has 1 fully saturated rings. The molecule has 0 spiro atoms. The summed E-state index contributed by atoms with van der Waals surface area (Å²) in [6, 6.07) is 0. The van der Waals surface area contributed by atoms with E-state index in [1.54, 1.807) is 0 Å². The van der Waals surface area contributed by atoms with E-state index >= 15 is 0 Å². The van der Waals surface area contributed by atoms with Gasteiger partial charge in [-0.3, -0.25) is 0 Å². The van der Waals surface area contributed by atoms with Gasteiger partial charge in [-0.05, 0) is 6.42 Å². The van der Waals surface area contributed by atoms with Crippen LogP contribution in [0.2, 0.25) is 5.15 Å². The number of ether oxygens (including phenoxy) is 1. The third-order valence-electron chi connectivity index (χ3n) is 2.71. The Labute approximate surface area is 99.6 Å². The summed E-state index contributed by atoms with van der Waals surface area (Å²) in [5.41, 5.74) is 6.31. The van der Waals surface area contributed by atoms with E-state index in [4.69, 9.17) is 22.1 Å². The van der Waals surface area contributed by atoms with Gasteiger partial charge in [0.05, 0.1) is 12.7 Å². The number of aromatic nitrogens is 2. The maximum Gasteiger partial charge on any atom is 0.157 e. The molecule has 0 amide bonds. The van der Waals surface area contributed by atoms with Crippen LogP contribution in [-0.2, 0) is 4.74 Å². The second-order valence-corrected chi connectivity index (χ2v) is 4.11. The Morgan fingerprint density at radius 3 is 3.19 bits per heavy atom. The molecule has 1 aromatic heterocycles. The summed E-state index contributed by atoms with van der Waals surface area (Å²) in [4.78, 5) is 10.1. The molecule has 0 radical (unpaired) electrons. The Balaban J connectivity index is 2.20. The fourth-order valence-corrected chi connectivity index (χ4v) is 1.90. The molecule has 0 aromatic carbocycles. The number of anilines is 2. The number of morpholine rings is 1. The minimum atomic E-state index is 0.238. The average Bonchev–Trinajstić information content (AvgIpc) is 2.33. The van der Waals surface area contributed by atoms with Crippen LogP contribution in [0.4, 0.5) is 11.5 Å². The van der Waals surface area contributed by atoms with Crippen molar-refractivity contribution >= 4 is 23.1 Å². The summed E-state index contributed by atoms with van der Waals surface area (Å²) in [5.74, 6) is 0.710. The van der Waals surface area contributed by atoms with Crippen molar-refractivity contribution in [3.63, 3.8) is 0 Å². The van der Waals surface area contributed by atoms with Gasteiger partial charge in [-0.2, -0.15) is 0 Å². The van der Waals surface area contributed by atoms with E-state index in [2.05, 4.69) is 21.8 Å². The predicted octanol–water partition coefficient (Wildman–Crippen LogP) is 1.33. The molecule has 1 aliphatic heterocycles. The maximum atomic E-state index is 5.87. The van der Waals surface area contributed by atoms with Crippen LogP contribution in [-0.4, -0.2) is 35.8 Å². The minimum Gasteiger partial charge on any atom is -0.393 e. The van der Waals surface area contributed by atoms with Crippen LogP contribution >= 0.6 is 11.6 Å². The number of hydrogen-bond acceptors (Lipinski definition) is 5. The van der Waals surface area contributed by atoms with E-state index < -0.39 is 0 Å². The first-order valence-electron chi connectivity index (χ1n) is 5.35. The molecule has 2 heterocycles. The molecule has 0 aliphatic carbocycles. The molecule has 5 nitrogen and oxygen atoms in total. The van der Waals surface area contributed by atoms with Gasteiger partial charge in [-0.15, -0.1) is 0 Å². The molecule has 1 unspecified atom stereocenters. The standard InChI is InChI=1S/C10H15ClN4O/c1-2-7-5-15(3-4-16-7)10-8(12)9(11)13-6-14-10/h6-7H,2-5,12H2,1H3. The lowest BCUT2D eigenvalue weighted by Gasteiger charge is -2.33. The molecule has 0 saturated carbocycles. The van der Waals surface area contributed by atoms with E-state index in [-0.39, 0.29) is 6.10 Å². The summed E-state index contributed by atoms with van der Waals surface area (Å²) in [7, 11) is 0. The van der Waals surface area contributed by atoms with Gasteiger partial charge >= 0.3 is 0 Å². The van der Waals surface area contributed by atoms with Crippen LogP contribution in [0.25, 0.3) is 0 Å². The van der Waals surface area contributed by atoms with Gasteiger partial charge in [-0.25, -0.2) is 9.97 Å². The molecule has 1 aromatic rings. The molecule has 2 rings (SSSR count). The predicted molar refractivity (Wildman–Crippen MR) is 63.7 cm³/mol. The zero-order chi connectivity index (χ0) is 11.5. The van der Waals surface area contributed by atoms with Crippen molar-refractivity contribution in [1.29, 1.82) is 0 Å². The lowest BCUT2D eigenvalue weighted by molar-refractivity contribution is 0.0382. The molecule has 6 heteroatoms. The maximum absolute atomic E-state index is 5.87. The summed E-state index contributed by atoms with van der Waals surface area (Å²) in [6.07, 6.45) is 2.65. The Morgan fingerprint density at radius 2 is 2.44 bits per heavy atom. The lowest BCUT2D eigenvalue weighted by atomic mass is 10.2. The van der Waals surface area contributed by atoms with Crippen LogP contribution in [0.15, 0.2) is 6.33 Å². The molecule has 1 aliphatic rings. The molecule has 1 atom stereocenters. The van der Waals surface area contributed by atoms with Crippen molar-refractivity contribution in [2.24, 2.45) is 0 Å². The zero-order valence-electron chi connectivity index (χ0n) is 9.19. The highest BCUT2D eigenvalue weighted by molar-refractivity contribution is 6.32. The third-order valence-corrected chi connectivity index (χ3v) is 3.01. The van der Waals surface area contributed by atoms with Crippen molar-refractivity contribution in [3.8, 4) is 0 Å². The highest BCUT2D eigenvalue weighted by atomic mass is 35.5. The number of nitrogens with zero attached hydrogens (tertiary/aromatic N) is 3. The van der Waals surface area contributed by atoms with Gasteiger partial charge in [0.2, 0.25) is 0 Å².